The van der Waals surface area contributed by atoms with Crippen molar-refractivity contribution in [3.05, 3.63) is 0 Å². The molecule has 0 bridgehead atoms. The van der Waals surface area contributed by atoms with Crippen molar-refractivity contribution in [1.29, 1.82) is 0 Å². The first-order chi connectivity index (χ1) is 9.64. The molecule has 1 saturated heterocycles. The zero-order valence-corrected chi connectivity index (χ0v) is 16.2. The van der Waals surface area contributed by atoms with Crippen LogP contribution in [0.5, 0.6) is 0 Å². The molecule has 1 heterocycles. The summed E-state index contributed by atoms with van der Waals surface area (Å²) in [5, 5.41) is 0. The minimum absolute atomic E-state index is 0.0277. The molecule has 1 rings (SSSR count). The molecule has 3 unspecified atom stereocenters. The van der Waals surface area contributed by atoms with Crippen LogP contribution >= 0.6 is 0 Å². The Bertz CT molecular complexity index is 479. The van der Waals surface area contributed by atoms with Gasteiger partial charge < -0.3 is 0 Å². The zero-order chi connectivity index (χ0) is 17.5. The Balaban J connectivity index is 3.02. The van der Waals surface area contributed by atoms with Crippen LogP contribution in [0.15, 0.2) is 0 Å². The summed E-state index contributed by atoms with van der Waals surface area (Å²) in [5.74, 6) is 0. The third-order valence-corrected chi connectivity index (χ3v) is 6.18. The molecule has 22 heavy (non-hydrogen) atoms. The Morgan fingerprint density at radius 3 is 2.09 bits per heavy atom. The monoisotopic (exact) mass is 336 g/mol. The lowest BCUT2D eigenvalue weighted by atomic mass is 9.86. The maximum absolute atomic E-state index is 14.0. The molecule has 0 aromatic rings. The number of hydrogen-bond acceptors (Lipinski definition) is 3. The van der Waals surface area contributed by atoms with Crippen molar-refractivity contribution in [3.63, 3.8) is 0 Å². The first-order valence-corrected chi connectivity index (χ1v) is 9.86. The van der Waals surface area contributed by atoms with Gasteiger partial charge in [-0.25, -0.2) is 12.8 Å². The summed E-state index contributed by atoms with van der Waals surface area (Å²) in [6.07, 6.45) is 0.761. The maximum Gasteiger partial charge on any atom is 0.211 e. The van der Waals surface area contributed by atoms with E-state index in [0.29, 0.717) is 19.5 Å². The molecule has 0 N–H and O–H groups in total. The molecule has 0 aromatic carbocycles. The van der Waals surface area contributed by atoms with Gasteiger partial charge in [0.05, 0.1) is 6.26 Å². The summed E-state index contributed by atoms with van der Waals surface area (Å²) in [7, 11) is -3.33. The van der Waals surface area contributed by atoms with E-state index in [0.717, 1.165) is 0 Å². The van der Waals surface area contributed by atoms with Gasteiger partial charge in [-0.3, -0.25) is 4.90 Å². The Kier molecular flexibility index (Phi) is 5.74. The first-order valence-electron chi connectivity index (χ1n) is 8.01. The van der Waals surface area contributed by atoms with Crippen molar-refractivity contribution >= 4 is 10.0 Å². The van der Waals surface area contributed by atoms with E-state index in [1.165, 1.54) is 10.6 Å². The smallest absolute Gasteiger partial charge is 0.211 e. The third-order valence-electron chi connectivity index (χ3n) is 4.68. The van der Waals surface area contributed by atoms with Gasteiger partial charge in [0, 0.05) is 30.7 Å². The normalized spacial score (nSPS) is 26.6. The lowest BCUT2D eigenvalue weighted by Gasteiger charge is -2.42. The van der Waals surface area contributed by atoms with Crippen LogP contribution in [0.1, 0.15) is 54.9 Å². The molecular formula is C16H33FN2O2S. The molecule has 4 nitrogen and oxygen atoms in total. The maximum atomic E-state index is 14.0. The molecule has 132 valence electrons. The molecule has 1 aliphatic heterocycles. The van der Waals surface area contributed by atoms with Gasteiger partial charge in [0.25, 0.3) is 0 Å². The summed E-state index contributed by atoms with van der Waals surface area (Å²) in [6, 6.07) is 0.123. The molecule has 1 aliphatic rings. The molecule has 0 radical (unpaired) electrons. The highest BCUT2D eigenvalue weighted by Gasteiger charge is 2.42. The van der Waals surface area contributed by atoms with Gasteiger partial charge in [0.2, 0.25) is 10.0 Å². The average molecular weight is 337 g/mol. The molecule has 0 aromatic heterocycles. The fourth-order valence-electron chi connectivity index (χ4n) is 3.13. The van der Waals surface area contributed by atoms with Gasteiger partial charge >= 0.3 is 0 Å². The predicted octanol–water partition coefficient (Wildman–Crippen LogP) is 2.89. The molecule has 6 heteroatoms. The summed E-state index contributed by atoms with van der Waals surface area (Å²) >= 11 is 0. The van der Waals surface area contributed by atoms with E-state index in [2.05, 4.69) is 32.6 Å². The van der Waals surface area contributed by atoms with Crippen LogP contribution in [-0.4, -0.2) is 60.8 Å². The fourth-order valence-corrected chi connectivity index (χ4v) is 4.57. The lowest BCUT2D eigenvalue weighted by molar-refractivity contribution is 0.0787. The molecule has 0 amide bonds. The highest BCUT2D eigenvalue weighted by molar-refractivity contribution is 7.88. The second-order valence-electron chi connectivity index (χ2n) is 8.69. The number of hydrogen-bond donors (Lipinski definition) is 0. The fraction of sp³-hybridized carbons (Fsp3) is 1.00. The van der Waals surface area contributed by atoms with Crippen molar-refractivity contribution in [2.24, 2.45) is 5.41 Å². The van der Waals surface area contributed by atoms with Crippen molar-refractivity contribution in [2.75, 3.05) is 19.3 Å². The van der Waals surface area contributed by atoms with Crippen molar-refractivity contribution in [2.45, 2.75) is 78.7 Å². The van der Waals surface area contributed by atoms with Crippen LogP contribution in [-0.2, 0) is 10.0 Å². The topological polar surface area (TPSA) is 40.6 Å². The van der Waals surface area contributed by atoms with Gasteiger partial charge in [0.1, 0.15) is 6.17 Å². The van der Waals surface area contributed by atoms with Crippen LogP contribution in [0.2, 0.25) is 0 Å². The summed E-state index contributed by atoms with van der Waals surface area (Å²) in [4.78, 5) is 2.15. The highest BCUT2D eigenvalue weighted by Crippen LogP contribution is 2.33. The van der Waals surface area contributed by atoms with Crippen molar-refractivity contribution < 1.29 is 12.8 Å². The molecule has 1 fully saturated rings. The van der Waals surface area contributed by atoms with Gasteiger partial charge in [-0.15, -0.1) is 0 Å². The number of halogens is 1. The molecule has 3 atom stereocenters. The minimum atomic E-state index is -3.33. The van der Waals surface area contributed by atoms with Crippen LogP contribution in [0.4, 0.5) is 4.39 Å². The van der Waals surface area contributed by atoms with Crippen LogP contribution < -0.4 is 0 Å². The molecule has 0 saturated carbocycles. The Labute approximate surface area is 136 Å². The van der Waals surface area contributed by atoms with E-state index in [-0.39, 0.29) is 17.5 Å². The average Bonchev–Trinajstić information content (AvgIpc) is 2.61. The zero-order valence-electron chi connectivity index (χ0n) is 15.4. The van der Waals surface area contributed by atoms with Crippen molar-refractivity contribution in [3.8, 4) is 0 Å². The van der Waals surface area contributed by atoms with E-state index >= 15 is 0 Å². The Morgan fingerprint density at radius 2 is 1.73 bits per heavy atom. The molecule has 0 aliphatic carbocycles. The number of likely N-dealkylation sites (tertiary alicyclic amines) is 1. The van der Waals surface area contributed by atoms with Crippen LogP contribution in [0.3, 0.4) is 0 Å². The van der Waals surface area contributed by atoms with Crippen molar-refractivity contribution in [1.82, 2.24) is 9.21 Å². The van der Waals surface area contributed by atoms with E-state index in [9.17, 15) is 12.8 Å². The minimum Gasteiger partial charge on any atom is -0.293 e. The quantitative estimate of drug-likeness (QED) is 0.792. The van der Waals surface area contributed by atoms with Gasteiger partial charge in [-0.2, -0.15) is 4.31 Å². The number of nitrogens with zero attached hydrogens (tertiary/aromatic N) is 2. The van der Waals surface area contributed by atoms with Gasteiger partial charge in [-0.1, -0.05) is 20.8 Å². The third kappa shape index (κ3) is 4.90. The Morgan fingerprint density at radius 1 is 1.23 bits per heavy atom. The van der Waals surface area contributed by atoms with E-state index in [1.54, 1.807) is 0 Å². The van der Waals surface area contributed by atoms with Gasteiger partial charge in [-0.05, 0) is 39.5 Å². The second-order valence-corrected chi connectivity index (χ2v) is 10.6. The summed E-state index contributed by atoms with van der Waals surface area (Å²) < 4.78 is 39.8. The SMILES string of the molecule is CC(N1CC(F)CC1CN(C(C)(C)C)S(C)(=O)=O)C(C)(C)C. The largest absolute Gasteiger partial charge is 0.293 e. The molecule has 0 spiro atoms. The highest BCUT2D eigenvalue weighted by atomic mass is 32.2. The van der Waals surface area contributed by atoms with Crippen LogP contribution in [0.25, 0.3) is 0 Å². The first kappa shape index (κ1) is 19.8. The standard InChI is InChI=1S/C16H33FN2O2S/c1-12(15(2,3)4)18-10-13(17)9-14(18)11-19(16(5,6)7)22(8,20)21/h12-14H,9-11H2,1-8H3. The number of rotatable bonds is 4. The summed E-state index contributed by atoms with van der Waals surface area (Å²) in [5.41, 5.74) is -0.474. The Hall–Kier alpha value is -0.200. The van der Waals surface area contributed by atoms with E-state index < -0.39 is 21.7 Å². The number of sulfonamides is 1. The summed E-state index contributed by atoms with van der Waals surface area (Å²) in [6.45, 7) is 14.9. The number of alkyl halides is 1. The van der Waals surface area contributed by atoms with Crippen LogP contribution in [0, 0.1) is 5.41 Å². The van der Waals surface area contributed by atoms with E-state index in [1.807, 2.05) is 20.8 Å². The van der Waals surface area contributed by atoms with Gasteiger partial charge in [0.15, 0.2) is 0 Å². The van der Waals surface area contributed by atoms with E-state index in [4.69, 9.17) is 0 Å². The second kappa shape index (κ2) is 6.36. The lowest BCUT2D eigenvalue weighted by Crippen LogP contribution is -2.53. The predicted molar refractivity (Wildman–Crippen MR) is 90.2 cm³/mol. The molecular weight excluding hydrogens is 303 g/mol.